The minimum Gasteiger partial charge on any atom is -0.384 e. The molecule has 1 radical (unpaired) electrons. The van der Waals surface area contributed by atoms with E-state index in [-0.39, 0.29) is 32.7 Å². The van der Waals surface area contributed by atoms with Crippen molar-refractivity contribution in [2.75, 3.05) is 34.5 Å². The second-order valence-electron chi connectivity index (χ2n) is 2.86. The molecule has 0 saturated carbocycles. The van der Waals surface area contributed by atoms with Crippen molar-refractivity contribution in [1.82, 2.24) is 0 Å². The minimum absolute atomic E-state index is 0. The summed E-state index contributed by atoms with van der Waals surface area (Å²) in [5, 5.41) is 0. The van der Waals surface area contributed by atoms with Gasteiger partial charge in [0.1, 0.15) is 0 Å². The molecule has 0 aliphatic rings. The number of rotatable bonds is 9. The Kier molecular flexibility index (Phi) is 14.4. The van der Waals surface area contributed by atoms with Crippen LogP contribution in [-0.4, -0.2) is 43.3 Å². The average Bonchev–Trinajstić information content (AvgIpc) is 2.24. The van der Waals surface area contributed by atoms with Gasteiger partial charge in [-0.15, -0.1) is 0 Å². The van der Waals surface area contributed by atoms with Gasteiger partial charge in [-0.2, -0.15) is 6.42 Å². The van der Waals surface area contributed by atoms with E-state index in [0.29, 0.717) is 13.2 Å². The first-order valence-corrected chi connectivity index (χ1v) is 6.70. The topological polar surface area (TPSA) is 36.9 Å². The first-order chi connectivity index (χ1) is 6.74. The Morgan fingerprint density at radius 3 is 1.93 bits per heavy atom. The van der Waals surface area contributed by atoms with Gasteiger partial charge in [-0.25, -0.2) is 0 Å². The van der Waals surface area contributed by atoms with Crippen LogP contribution in [0.5, 0.6) is 0 Å². The van der Waals surface area contributed by atoms with Crippen LogP contribution in [0.3, 0.4) is 0 Å². The molecule has 0 fully saturated rings. The molecule has 0 rings (SSSR count). The Morgan fingerprint density at radius 1 is 1.00 bits per heavy atom. The van der Waals surface area contributed by atoms with Gasteiger partial charge in [0.2, 0.25) is 0 Å². The molecule has 0 aromatic carbocycles. The van der Waals surface area contributed by atoms with E-state index in [1.807, 2.05) is 0 Å². The smallest absolute Gasteiger partial charge is 0.384 e. The third kappa shape index (κ3) is 7.96. The predicted octanol–water partition coefficient (Wildman–Crippen LogP) is 1.49. The largest absolute Gasteiger partial charge is 0.500 e. The van der Waals surface area contributed by atoms with Gasteiger partial charge < -0.3 is 24.9 Å². The van der Waals surface area contributed by atoms with Crippen molar-refractivity contribution in [2.45, 2.75) is 18.9 Å². The maximum atomic E-state index is 5.30. The second-order valence-corrected chi connectivity index (χ2v) is 5.96. The van der Waals surface area contributed by atoms with Gasteiger partial charge in [-0.05, 0) is 6.42 Å². The van der Waals surface area contributed by atoms with Crippen LogP contribution in [0.1, 0.15) is 12.8 Å². The van der Waals surface area contributed by atoms with Crippen LogP contribution in [-0.2, 0) is 50.7 Å². The summed E-state index contributed by atoms with van der Waals surface area (Å²) >= 11 is 0. The van der Waals surface area contributed by atoms with Crippen molar-refractivity contribution in [1.29, 1.82) is 0 Å². The summed E-state index contributed by atoms with van der Waals surface area (Å²) in [5.41, 5.74) is 0. The summed E-state index contributed by atoms with van der Waals surface area (Å²) in [4.78, 5) is 0. The van der Waals surface area contributed by atoms with Gasteiger partial charge in [-0.1, -0.05) is 0 Å². The zero-order valence-electron chi connectivity index (χ0n) is 9.95. The molecule has 0 aliphatic heterocycles. The average molecular weight is 310 g/mol. The van der Waals surface area contributed by atoms with E-state index in [9.17, 15) is 0 Å². The van der Waals surface area contributed by atoms with Crippen molar-refractivity contribution >= 4 is 8.80 Å². The Labute approximate surface area is 119 Å². The van der Waals surface area contributed by atoms with E-state index in [4.69, 9.17) is 18.0 Å². The predicted molar refractivity (Wildman–Crippen MR) is 57.0 cm³/mol. The van der Waals surface area contributed by atoms with Gasteiger partial charge in [0, 0.05) is 73.3 Å². The molecular formula is C9H21O4SiY-. The Hall–Kier alpha value is 1.16. The van der Waals surface area contributed by atoms with Crippen LogP contribution >= 0.6 is 0 Å². The maximum Gasteiger partial charge on any atom is 0.500 e. The van der Waals surface area contributed by atoms with E-state index >= 15 is 0 Å². The molecule has 0 aromatic heterocycles. The first-order valence-electron chi connectivity index (χ1n) is 4.77. The number of hydrogen-bond donors (Lipinski definition) is 0. The minimum atomic E-state index is -2.37. The molecule has 0 amide bonds. The fourth-order valence-electron chi connectivity index (χ4n) is 1.15. The van der Waals surface area contributed by atoms with Gasteiger partial charge in [-0.3, -0.25) is 0 Å². The Bertz CT molecular complexity index is 125. The number of hydrogen-bond acceptors (Lipinski definition) is 4. The zero-order valence-corrected chi connectivity index (χ0v) is 13.8. The summed E-state index contributed by atoms with van der Waals surface area (Å²) in [6.45, 7) is 5.11. The zero-order chi connectivity index (χ0) is 10.9. The van der Waals surface area contributed by atoms with E-state index in [2.05, 4.69) is 6.92 Å². The van der Waals surface area contributed by atoms with E-state index < -0.39 is 8.80 Å². The SMILES string of the molecule is [CH2-]CCOCCC[Si](OC)(OC)OC.[Y]. The van der Waals surface area contributed by atoms with Crippen molar-refractivity contribution in [3.05, 3.63) is 6.92 Å². The normalized spacial score (nSPS) is 11.2. The standard InChI is InChI=1S/C9H21O4Si.Y/c1-5-7-13-8-6-9-14(10-2,11-3)12-4;/h1,5-9H2,2-4H3;/q-1;. The van der Waals surface area contributed by atoms with Gasteiger partial charge in [0.05, 0.1) is 0 Å². The monoisotopic (exact) mass is 310 g/mol. The second kappa shape index (κ2) is 11.6. The van der Waals surface area contributed by atoms with Crippen molar-refractivity contribution in [3.8, 4) is 0 Å². The van der Waals surface area contributed by atoms with Crippen LogP contribution in [0.2, 0.25) is 6.04 Å². The molecule has 0 unspecified atom stereocenters. The van der Waals surface area contributed by atoms with E-state index in [1.165, 1.54) is 0 Å². The summed E-state index contributed by atoms with van der Waals surface area (Å²) in [6.07, 6.45) is 1.70. The first kappa shape index (κ1) is 18.5. The van der Waals surface area contributed by atoms with Crippen LogP contribution in [0.4, 0.5) is 0 Å². The van der Waals surface area contributed by atoms with Crippen molar-refractivity contribution in [2.24, 2.45) is 0 Å². The van der Waals surface area contributed by atoms with Crippen LogP contribution in [0.25, 0.3) is 0 Å². The summed E-state index contributed by atoms with van der Waals surface area (Å²) < 4.78 is 21.1. The molecule has 6 heteroatoms. The van der Waals surface area contributed by atoms with Crippen LogP contribution in [0.15, 0.2) is 0 Å². The molecule has 0 aromatic rings. The summed E-state index contributed by atoms with van der Waals surface area (Å²) in [7, 11) is 2.49. The van der Waals surface area contributed by atoms with Gasteiger partial charge in [0.15, 0.2) is 0 Å². The summed E-state index contributed by atoms with van der Waals surface area (Å²) in [6, 6.07) is 0.785. The van der Waals surface area contributed by atoms with Crippen molar-refractivity contribution in [3.63, 3.8) is 0 Å². The summed E-state index contributed by atoms with van der Waals surface area (Å²) in [5.74, 6) is 0. The molecule has 0 saturated heterocycles. The molecule has 89 valence electrons. The molecule has 0 aliphatic carbocycles. The molecule has 0 atom stereocenters. The fraction of sp³-hybridized carbons (Fsp3) is 0.889. The van der Waals surface area contributed by atoms with Crippen molar-refractivity contribution < 1.29 is 50.7 Å². The fourth-order valence-corrected chi connectivity index (χ4v) is 2.84. The molecule has 4 nitrogen and oxygen atoms in total. The number of ether oxygens (including phenoxy) is 1. The third-order valence-corrected chi connectivity index (χ3v) is 4.83. The Balaban J connectivity index is 0. The maximum absolute atomic E-state index is 5.30. The molecule has 15 heavy (non-hydrogen) atoms. The Morgan fingerprint density at radius 2 is 1.53 bits per heavy atom. The molecule has 0 heterocycles. The third-order valence-electron chi connectivity index (χ3n) is 1.99. The van der Waals surface area contributed by atoms with Crippen LogP contribution in [0, 0.1) is 6.92 Å². The molecule has 0 N–H and O–H groups in total. The van der Waals surface area contributed by atoms with Crippen LogP contribution < -0.4 is 0 Å². The molecule has 0 spiro atoms. The van der Waals surface area contributed by atoms with E-state index in [0.717, 1.165) is 18.9 Å². The van der Waals surface area contributed by atoms with E-state index in [1.54, 1.807) is 21.3 Å². The molecular weight excluding hydrogens is 289 g/mol. The molecule has 0 bridgehead atoms. The van der Waals surface area contributed by atoms with Gasteiger partial charge >= 0.3 is 8.80 Å². The quantitative estimate of drug-likeness (QED) is 0.367. The van der Waals surface area contributed by atoms with Gasteiger partial charge in [0.25, 0.3) is 0 Å².